The number of ether oxygens (including phenoxy) is 2. The smallest absolute Gasteiger partial charge is 0.335 e. The summed E-state index contributed by atoms with van der Waals surface area (Å²) in [4.78, 5) is 26.8. The molecular formula is C34H34N4O9S2-2. The fraction of sp³-hybridized carbons (Fsp3) is 0.235. The van der Waals surface area contributed by atoms with E-state index in [1.54, 1.807) is 42.5 Å². The molecule has 3 N–H and O–H groups in total. The van der Waals surface area contributed by atoms with E-state index < -0.39 is 28.5 Å². The van der Waals surface area contributed by atoms with Gasteiger partial charge < -0.3 is 42.9 Å². The molecule has 0 aliphatic carbocycles. The average molecular weight is 707 g/mol. The van der Waals surface area contributed by atoms with E-state index in [4.69, 9.17) is 9.47 Å². The van der Waals surface area contributed by atoms with Crippen LogP contribution in [0.2, 0.25) is 0 Å². The molecule has 2 aliphatic heterocycles. The Balaban J connectivity index is 0.000000191. The topological polar surface area (TPSA) is 184 Å². The van der Waals surface area contributed by atoms with Gasteiger partial charge >= 0.3 is 5.97 Å². The van der Waals surface area contributed by atoms with Gasteiger partial charge in [0, 0.05) is 54.3 Å². The maximum absolute atomic E-state index is 11.4. The van der Waals surface area contributed by atoms with E-state index >= 15 is 0 Å². The standard InChI is InChI=1S/C17H18N2O5S.C17H18N2O4S/c20-17(21)12-10-14(18-25(22)23)16(24-13-6-2-1-3-7-13)15(11-12)19-8-4-5-9-19;20-12-13-10-15(18-24(21)22)17(23-14-6-2-1-3-7-14)16(11-13)19-8-4-5-9-19/h1-3,6-7,10-11,18H,4-5,8-9H2,(H,20,21)(H,22,23);1-3,6-7,10-12,18H,4-5,8-9H2,(H,21,22)/p-2. The van der Waals surface area contributed by atoms with E-state index in [1.807, 2.05) is 29.2 Å². The van der Waals surface area contributed by atoms with Gasteiger partial charge in [0.05, 0.1) is 28.3 Å². The van der Waals surface area contributed by atoms with Crippen molar-refractivity contribution < 1.29 is 41.7 Å². The predicted molar refractivity (Wildman–Crippen MR) is 186 cm³/mol. The van der Waals surface area contributed by atoms with E-state index in [9.17, 15) is 32.2 Å². The number of hydrogen-bond acceptors (Lipinski definition) is 10. The molecule has 2 fully saturated rings. The molecule has 0 bridgehead atoms. The van der Waals surface area contributed by atoms with Crippen molar-refractivity contribution in [3.63, 3.8) is 0 Å². The van der Waals surface area contributed by atoms with Crippen LogP contribution in [0.15, 0.2) is 84.9 Å². The number of aromatic carboxylic acids is 1. The molecule has 15 heteroatoms. The number of carboxylic acids is 1. The van der Waals surface area contributed by atoms with Crippen molar-refractivity contribution in [3.05, 3.63) is 96.1 Å². The van der Waals surface area contributed by atoms with Gasteiger partial charge in [-0.05, 0) is 74.2 Å². The maximum Gasteiger partial charge on any atom is 0.335 e. The van der Waals surface area contributed by atoms with Crippen LogP contribution in [-0.4, -0.2) is 61.1 Å². The van der Waals surface area contributed by atoms with Crippen molar-refractivity contribution in [1.29, 1.82) is 0 Å². The van der Waals surface area contributed by atoms with Crippen LogP contribution in [0.5, 0.6) is 23.0 Å². The monoisotopic (exact) mass is 706 g/mol. The minimum absolute atomic E-state index is 0.00439. The SMILES string of the molecule is O=C(O)c1cc(NS(=O)[O-])c(Oc2ccccc2)c(N2CCCC2)c1.O=Cc1cc(NS(=O)[O-])c(Oc2ccccc2)c(N2CCCC2)c1. The number of anilines is 4. The second kappa shape index (κ2) is 16.9. The Morgan fingerprint density at radius 3 is 1.53 bits per heavy atom. The highest BCUT2D eigenvalue weighted by Crippen LogP contribution is 2.43. The van der Waals surface area contributed by atoms with Crippen LogP contribution in [0.4, 0.5) is 22.7 Å². The second-order valence-electron chi connectivity index (χ2n) is 11.1. The lowest BCUT2D eigenvalue weighted by Gasteiger charge is -2.24. The van der Waals surface area contributed by atoms with Crippen molar-refractivity contribution in [2.24, 2.45) is 0 Å². The number of carbonyl (C=O) groups excluding carboxylic acids is 1. The molecule has 4 aromatic rings. The summed E-state index contributed by atoms with van der Waals surface area (Å²) in [6.45, 7) is 3.20. The molecule has 0 spiro atoms. The molecule has 0 amide bonds. The van der Waals surface area contributed by atoms with E-state index in [-0.39, 0.29) is 16.9 Å². The van der Waals surface area contributed by atoms with Crippen LogP contribution in [0.1, 0.15) is 46.4 Å². The normalized spacial score (nSPS) is 15.1. The highest BCUT2D eigenvalue weighted by atomic mass is 32.2. The number of hydrogen-bond donors (Lipinski definition) is 3. The Morgan fingerprint density at radius 1 is 0.694 bits per heavy atom. The summed E-state index contributed by atoms with van der Waals surface area (Å²) < 4.78 is 61.1. The molecule has 2 atom stereocenters. The Bertz CT molecular complexity index is 1800. The van der Waals surface area contributed by atoms with Crippen molar-refractivity contribution in [1.82, 2.24) is 0 Å². The zero-order chi connectivity index (χ0) is 34.8. The quantitative estimate of drug-likeness (QED) is 0.115. The van der Waals surface area contributed by atoms with Crippen molar-refractivity contribution in [2.45, 2.75) is 25.7 Å². The third-order valence-corrected chi connectivity index (χ3v) is 8.52. The number of para-hydroxylation sites is 2. The minimum atomic E-state index is -2.61. The molecule has 2 heterocycles. The second-order valence-corrected chi connectivity index (χ2v) is 12.5. The molecular weight excluding hydrogens is 673 g/mol. The summed E-state index contributed by atoms with van der Waals surface area (Å²) in [5, 5.41) is 9.35. The van der Waals surface area contributed by atoms with Gasteiger partial charge in [-0.15, -0.1) is 0 Å². The number of nitrogens with one attached hydrogen (secondary N) is 2. The van der Waals surface area contributed by atoms with Gasteiger partial charge in [0.2, 0.25) is 0 Å². The lowest BCUT2D eigenvalue weighted by atomic mass is 10.1. The summed E-state index contributed by atoms with van der Waals surface area (Å²) in [5.41, 5.74) is 2.02. The van der Waals surface area contributed by atoms with E-state index in [0.29, 0.717) is 46.2 Å². The Hall–Kier alpha value is -4.96. The number of aldehydes is 1. The number of benzene rings is 4. The molecule has 4 aromatic carbocycles. The third kappa shape index (κ3) is 9.57. The number of carboxylic acid groups (broad SMARTS) is 1. The Kier molecular flexibility index (Phi) is 12.2. The van der Waals surface area contributed by atoms with Crippen LogP contribution in [0.3, 0.4) is 0 Å². The number of rotatable bonds is 12. The zero-order valence-corrected chi connectivity index (χ0v) is 27.9. The number of nitrogens with zero attached hydrogens (tertiary/aromatic N) is 2. The van der Waals surface area contributed by atoms with Crippen LogP contribution in [0.25, 0.3) is 0 Å². The molecule has 0 radical (unpaired) electrons. The van der Waals surface area contributed by atoms with E-state index in [1.165, 1.54) is 18.2 Å². The van der Waals surface area contributed by atoms with Gasteiger partial charge in [0.1, 0.15) is 17.8 Å². The molecule has 2 saturated heterocycles. The van der Waals surface area contributed by atoms with E-state index in [2.05, 4.69) is 14.3 Å². The molecule has 13 nitrogen and oxygen atoms in total. The maximum atomic E-state index is 11.4. The molecule has 0 aromatic heterocycles. The summed E-state index contributed by atoms with van der Waals surface area (Å²) >= 11 is -5.13. The summed E-state index contributed by atoms with van der Waals surface area (Å²) in [6.07, 6.45) is 4.76. The van der Waals surface area contributed by atoms with Gasteiger partial charge in [-0.2, -0.15) is 0 Å². The molecule has 258 valence electrons. The highest BCUT2D eigenvalue weighted by Gasteiger charge is 2.24. The first-order valence-electron chi connectivity index (χ1n) is 15.4. The van der Waals surface area contributed by atoms with E-state index in [0.717, 1.165) is 51.9 Å². The minimum Gasteiger partial charge on any atom is -0.755 e. The third-order valence-electron chi connectivity index (χ3n) is 7.75. The molecule has 6 rings (SSSR count). The van der Waals surface area contributed by atoms with Gasteiger partial charge in [-0.1, -0.05) is 36.4 Å². The van der Waals surface area contributed by atoms with Crippen LogP contribution in [-0.2, 0) is 22.5 Å². The predicted octanol–water partition coefficient (Wildman–Crippen LogP) is 6.08. The number of carbonyl (C=O) groups is 2. The molecule has 49 heavy (non-hydrogen) atoms. The summed E-state index contributed by atoms with van der Waals surface area (Å²) in [7, 11) is 0. The average Bonchev–Trinajstić information content (AvgIpc) is 3.83. The summed E-state index contributed by atoms with van der Waals surface area (Å²) in [5.74, 6) is 0.689. The van der Waals surface area contributed by atoms with Gasteiger partial charge in [-0.3, -0.25) is 13.2 Å². The Morgan fingerprint density at radius 2 is 1.12 bits per heavy atom. The largest absolute Gasteiger partial charge is 0.755 e. The van der Waals surface area contributed by atoms with Crippen molar-refractivity contribution >= 4 is 57.5 Å². The first-order chi connectivity index (χ1) is 23.7. The fourth-order valence-electron chi connectivity index (χ4n) is 5.58. The van der Waals surface area contributed by atoms with Crippen LogP contribution >= 0.6 is 0 Å². The highest BCUT2D eigenvalue weighted by molar-refractivity contribution is 7.80. The van der Waals surface area contributed by atoms with Gasteiger partial charge in [0.25, 0.3) is 0 Å². The lowest BCUT2D eigenvalue weighted by molar-refractivity contribution is 0.0696. The molecule has 2 aliphatic rings. The fourth-order valence-corrected chi connectivity index (χ4v) is 6.25. The first-order valence-corrected chi connectivity index (χ1v) is 17.6. The van der Waals surface area contributed by atoms with Gasteiger partial charge in [0.15, 0.2) is 11.5 Å². The molecule has 0 saturated carbocycles. The zero-order valence-electron chi connectivity index (χ0n) is 26.2. The van der Waals surface area contributed by atoms with Gasteiger partial charge in [-0.25, -0.2) is 4.79 Å². The van der Waals surface area contributed by atoms with Crippen LogP contribution in [0, 0.1) is 0 Å². The summed E-state index contributed by atoms with van der Waals surface area (Å²) in [6, 6.07) is 24.0. The van der Waals surface area contributed by atoms with Crippen molar-refractivity contribution in [2.75, 3.05) is 45.4 Å². The van der Waals surface area contributed by atoms with Crippen LogP contribution < -0.4 is 28.7 Å². The lowest BCUT2D eigenvalue weighted by Crippen LogP contribution is -2.20. The first kappa shape index (κ1) is 35.3. The van der Waals surface area contributed by atoms with Crippen molar-refractivity contribution in [3.8, 4) is 23.0 Å². The molecule has 2 unspecified atom stereocenters. The Labute approximate surface area is 288 Å².